The summed E-state index contributed by atoms with van der Waals surface area (Å²) in [6.07, 6.45) is 4.48. The quantitative estimate of drug-likeness (QED) is 0.361. The van der Waals surface area contributed by atoms with Crippen LogP contribution in [0.1, 0.15) is 26.7 Å². The number of anilines is 1. The Balaban J connectivity index is 1.61. The third kappa shape index (κ3) is 5.27. The number of alkyl halides is 3. The van der Waals surface area contributed by atoms with E-state index in [4.69, 9.17) is 0 Å². The van der Waals surface area contributed by atoms with Gasteiger partial charge in [-0.2, -0.15) is 18.3 Å². The third-order valence-corrected chi connectivity index (χ3v) is 5.61. The second-order valence-corrected chi connectivity index (χ2v) is 8.63. The van der Waals surface area contributed by atoms with Gasteiger partial charge >= 0.3 is 6.18 Å². The molecule has 0 aliphatic heterocycles. The number of hydrogen-bond donors (Lipinski definition) is 2. The fraction of sp³-hybridized carbons (Fsp3) is 0.333. The van der Waals surface area contributed by atoms with Crippen LogP contribution in [0.15, 0.2) is 49.3 Å². The SMILES string of the molecule is CC(C)C(Nc1cncc(-c2c[nH]c3ncc(-c4cnn(C)c4)cc23)c1)C(=O)CCC(F)(F)F. The summed E-state index contributed by atoms with van der Waals surface area (Å²) >= 11 is 0. The summed E-state index contributed by atoms with van der Waals surface area (Å²) in [5.74, 6) is -0.668. The molecule has 4 rings (SSSR count). The van der Waals surface area contributed by atoms with Gasteiger partial charge in [-0.25, -0.2) is 4.98 Å². The fourth-order valence-corrected chi connectivity index (χ4v) is 3.86. The number of ketones is 1. The summed E-state index contributed by atoms with van der Waals surface area (Å²) in [6, 6.07) is 3.10. The molecule has 0 fully saturated rings. The standard InChI is InChI=1S/C24H25F3N6O/c1-14(2)22(21(34)4-5-24(25,26)27)32-18-6-16(8-28-11-18)20-12-30-23-19(20)7-15(9-29-23)17-10-31-33(3)13-17/h6-14,22,32H,4-5H2,1-3H3,(H,29,30). The molecule has 0 bridgehead atoms. The first-order chi connectivity index (χ1) is 16.1. The highest BCUT2D eigenvalue weighted by atomic mass is 19.4. The predicted octanol–water partition coefficient (Wildman–Crippen LogP) is 5.37. The van der Waals surface area contributed by atoms with Gasteiger partial charge in [0.2, 0.25) is 0 Å². The first-order valence-corrected chi connectivity index (χ1v) is 10.9. The summed E-state index contributed by atoms with van der Waals surface area (Å²) < 4.78 is 39.5. The number of Topliss-reactive ketones (excluding diaryl/α,β-unsaturated/α-hetero) is 1. The molecule has 7 nitrogen and oxygen atoms in total. The van der Waals surface area contributed by atoms with Gasteiger partial charge in [-0.05, 0) is 18.1 Å². The van der Waals surface area contributed by atoms with E-state index in [2.05, 4.69) is 25.4 Å². The number of aromatic amines is 1. The topological polar surface area (TPSA) is 88.5 Å². The molecule has 4 aromatic heterocycles. The van der Waals surface area contributed by atoms with E-state index in [1.54, 1.807) is 43.3 Å². The summed E-state index contributed by atoms with van der Waals surface area (Å²) in [4.78, 5) is 24.4. The largest absolute Gasteiger partial charge is 0.389 e. The van der Waals surface area contributed by atoms with Gasteiger partial charge in [-0.3, -0.25) is 14.5 Å². The zero-order valence-electron chi connectivity index (χ0n) is 19.0. The highest BCUT2D eigenvalue weighted by molar-refractivity contribution is 5.96. The second kappa shape index (κ2) is 9.28. The smallest absolute Gasteiger partial charge is 0.374 e. The number of hydrogen-bond acceptors (Lipinski definition) is 5. The Kier molecular flexibility index (Phi) is 6.41. The van der Waals surface area contributed by atoms with Crippen LogP contribution in [0.2, 0.25) is 0 Å². The lowest BCUT2D eigenvalue weighted by atomic mass is 9.96. The summed E-state index contributed by atoms with van der Waals surface area (Å²) in [7, 11) is 1.85. The lowest BCUT2D eigenvalue weighted by molar-refractivity contribution is -0.143. The first kappa shape index (κ1) is 23.5. The van der Waals surface area contributed by atoms with E-state index < -0.39 is 30.8 Å². The van der Waals surface area contributed by atoms with Gasteiger partial charge in [0.1, 0.15) is 5.65 Å². The van der Waals surface area contributed by atoms with Crippen molar-refractivity contribution in [3.05, 3.63) is 49.3 Å². The predicted molar refractivity (Wildman–Crippen MR) is 124 cm³/mol. The molecule has 0 amide bonds. The van der Waals surface area contributed by atoms with E-state index in [1.807, 2.05) is 31.6 Å². The molecule has 0 aliphatic carbocycles. The van der Waals surface area contributed by atoms with Crippen LogP contribution in [0.3, 0.4) is 0 Å². The number of halogens is 3. The highest BCUT2D eigenvalue weighted by Crippen LogP contribution is 2.32. The van der Waals surface area contributed by atoms with Crippen LogP contribution in [-0.4, -0.2) is 42.7 Å². The number of nitrogens with one attached hydrogen (secondary N) is 2. The number of nitrogens with zero attached hydrogens (tertiary/aromatic N) is 4. The molecule has 1 unspecified atom stereocenters. The van der Waals surface area contributed by atoms with Crippen molar-refractivity contribution in [1.29, 1.82) is 0 Å². The monoisotopic (exact) mass is 470 g/mol. The van der Waals surface area contributed by atoms with Crippen molar-refractivity contribution in [3.8, 4) is 22.3 Å². The summed E-state index contributed by atoms with van der Waals surface area (Å²) in [5.41, 5.74) is 4.78. The molecule has 0 spiro atoms. The molecular weight excluding hydrogens is 445 g/mol. The molecule has 10 heteroatoms. The van der Waals surface area contributed by atoms with Crippen LogP contribution < -0.4 is 5.32 Å². The molecule has 4 heterocycles. The molecule has 0 saturated heterocycles. The Morgan fingerprint density at radius 3 is 2.59 bits per heavy atom. The highest BCUT2D eigenvalue weighted by Gasteiger charge is 2.31. The van der Waals surface area contributed by atoms with E-state index in [1.165, 1.54) is 0 Å². The van der Waals surface area contributed by atoms with E-state index in [9.17, 15) is 18.0 Å². The minimum absolute atomic E-state index is 0.191. The number of H-pyrrole nitrogens is 1. The normalized spacial score (nSPS) is 12.9. The minimum atomic E-state index is -4.36. The van der Waals surface area contributed by atoms with Gasteiger partial charge in [-0.1, -0.05) is 13.8 Å². The van der Waals surface area contributed by atoms with Gasteiger partial charge in [0, 0.05) is 72.1 Å². The van der Waals surface area contributed by atoms with E-state index in [-0.39, 0.29) is 5.92 Å². The number of aryl methyl sites for hydroxylation is 1. The van der Waals surface area contributed by atoms with E-state index in [0.29, 0.717) is 11.3 Å². The maximum Gasteiger partial charge on any atom is 0.389 e. The van der Waals surface area contributed by atoms with E-state index >= 15 is 0 Å². The molecule has 0 radical (unpaired) electrons. The number of carbonyl (C=O) groups excluding carboxylic acids is 1. The summed E-state index contributed by atoms with van der Waals surface area (Å²) in [5, 5.41) is 8.19. The molecule has 0 aliphatic rings. The van der Waals surface area contributed by atoms with Gasteiger partial charge in [0.25, 0.3) is 0 Å². The van der Waals surface area contributed by atoms with Gasteiger partial charge < -0.3 is 10.3 Å². The number of carbonyl (C=O) groups is 1. The molecule has 4 aromatic rings. The Morgan fingerprint density at radius 2 is 1.91 bits per heavy atom. The van der Waals surface area contributed by atoms with Crippen molar-refractivity contribution in [2.45, 2.75) is 38.9 Å². The minimum Gasteiger partial charge on any atom is -0.374 e. The number of aromatic nitrogens is 5. The lowest BCUT2D eigenvalue weighted by Gasteiger charge is -2.22. The number of fused-ring (bicyclic) bond motifs is 1. The van der Waals surface area contributed by atoms with Crippen LogP contribution in [-0.2, 0) is 11.8 Å². The lowest BCUT2D eigenvalue weighted by Crippen LogP contribution is -2.35. The molecule has 1 atom stereocenters. The zero-order chi connectivity index (χ0) is 24.5. The molecule has 178 valence electrons. The first-order valence-electron chi connectivity index (χ1n) is 10.9. The second-order valence-electron chi connectivity index (χ2n) is 8.63. The molecule has 2 N–H and O–H groups in total. The van der Waals surface area contributed by atoms with Crippen molar-refractivity contribution >= 4 is 22.5 Å². The van der Waals surface area contributed by atoms with Crippen LogP contribution in [0.25, 0.3) is 33.3 Å². The van der Waals surface area contributed by atoms with Crippen molar-refractivity contribution < 1.29 is 18.0 Å². The number of rotatable bonds is 8. The van der Waals surface area contributed by atoms with Gasteiger partial charge in [-0.15, -0.1) is 0 Å². The van der Waals surface area contributed by atoms with Crippen molar-refractivity contribution in [2.24, 2.45) is 13.0 Å². The third-order valence-electron chi connectivity index (χ3n) is 5.61. The fourth-order valence-electron chi connectivity index (χ4n) is 3.86. The van der Waals surface area contributed by atoms with Crippen molar-refractivity contribution in [2.75, 3.05) is 5.32 Å². The molecule has 0 aromatic carbocycles. The van der Waals surface area contributed by atoms with Gasteiger partial charge in [0.05, 0.1) is 24.3 Å². The Hall–Kier alpha value is -3.69. The average Bonchev–Trinajstić information content (AvgIpc) is 3.41. The molecular formula is C24H25F3N6O. The van der Waals surface area contributed by atoms with Crippen molar-refractivity contribution in [1.82, 2.24) is 24.7 Å². The summed E-state index contributed by atoms with van der Waals surface area (Å²) in [6.45, 7) is 3.59. The van der Waals surface area contributed by atoms with Crippen LogP contribution in [0.5, 0.6) is 0 Å². The Bertz CT molecular complexity index is 1310. The maximum absolute atomic E-state index is 12.6. The maximum atomic E-state index is 12.6. The van der Waals surface area contributed by atoms with Gasteiger partial charge in [0.15, 0.2) is 5.78 Å². The van der Waals surface area contributed by atoms with E-state index in [0.717, 1.165) is 27.6 Å². The average molecular weight is 470 g/mol. The Labute approximate surface area is 194 Å². The van der Waals surface area contributed by atoms with Crippen molar-refractivity contribution in [3.63, 3.8) is 0 Å². The zero-order valence-corrected chi connectivity index (χ0v) is 19.0. The van der Waals surface area contributed by atoms with Crippen LogP contribution in [0.4, 0.5) is 18.9 Å². The Morgan fingerprint density at radius 1 is 1.12 bits per heavy atom. The number of pyridine rings is 2. The van der Waals surface area contributed by atoms with Crippen LogP contribution in [0, 0.1) is 5.92 Å². The van der Waals surface area contributed by atoms with Crippen LogP contribution >= 0.6 is 0 Å². The molecule has 0 saturated carbocycles. The molecule has 34 heavy (non-hydrogen) atoms.